The maximum Gasteiger partial charge on any atom is 0.271 e. The van der Waals surface area contributed by atoms with Gasteiger partial charge in [-0.1, -0.05) is 18.6 Å². The van der Waals surface area contributed by atoms with Crippen molar-refractivity contribution in [2.24, 2.45) is 13.0 Å². The molecule has 0 radical (unpaired) electrons. The lowest BCUT2D eigenvalue weighted by Crippen LogP contribution is -2.38. The van der Waals surface area contributed by atoms with Crippen LogP contribution in [0.25, 0.3) is 0 Å². The minimum atomic E-state index is -0.213. The van der Waals surface area contributed by atoms with E-state index in [0.29, 0.717) is 11.6 Å². The summed E-state index contributed by atoms with van der Waals surface area (Å²) in [6, 6.07) is 6.80. The van der Waals surface area contributed by atoms with Crippen LogP contribution in [0.15, 0.2) is 36.8 Å². The van der Waals surface area contributed by atoms with Gasteiger partial charge in [0.05, 0.1) is 6.33 Å². The van der Waals surface area contributed by atoms with E-state index in [1.165, 1.54) is 12.1 Å². The van der Waals surface area contributed by atoms with Crippen molar-refractivity contribution >= 4 is 5.91 Å². The summed E-state index contributed by atoms with van der Waals surface area (Å²) in [6.45, 7) is 0. The second kappa shape index (κ2) is 6.30. The van der Waals surface area contributed by atoms with Crippen molar-refractivity contribution in [2.75, 3.05) is 0 Å². The standard InChI is InChI=1S/C17H20FN3O/c1-21-10-16(19-11-21)17(22)20-15-4-2-3-13(15)9-12-5-7-14(18)8-6-12/h5-8,10-11,13,15H,2-4,9H2,1H3,(H,20,22)/t13-,15-/m0/s1. The molecule has 5 heteroatoms. The first kappa shape index (κ1) is 14.8. The Kier molecular flexibility index (Phi) is 4.22. The van der Waals surface area contributed by atoms with Crippen molar-refractivity contribution in [3.63, 3.8) is 0 Å². The molecule has 1 aromatic carbocycles. The third-order valence-electron chi connectivity index (χ3n) is 4.32. The van der Waals surface area contributed by atoms with Gasteiger partial charge in [0.25, 0.3) is 5.91 Å². The summed E-state index contributed by atoms with van der Waals surface area (Å²) in [4.78, 5) is 16.3. The second-order valence-corrected chi connectivity index (χ2v) is 6.03. The highest BCUT2D eigenvalue weighted by Gasteiger charge is 2.29. The molecule has 0 aliphatic heterocycles. The van der Waals surface area contributed by atoms with Crippen molar-refractivity contribution in [3.8, 4) is 0 Å². The first-order valence-corrected chi connectivity index (χ1v) is 7.65. The molecule has 1 aliphatic rings. The number of hydrogen-bond donors (Lipinski definition) is 1. The van der Waals surface area contributed by atoms with Gasteiger partial charge in [0.1, 0.15) is 11.5 Å². The molecule has 0 unspecified atom stereocenters. The van der Waals surface area contributed by atoms with Crippen LogP contribution in [0.2, 0.25) is 0 Å². The molecule has 1 amide bonds. The molecule has 0 saturated heterocycles. The minimum Gasteiger partial charge on any atom is -0.348 e. The van der Waals surface area contributed by atoms with Crippen molar-refractivity contribution in [2.45, 2.75) is 31.7 Å². The maximum atomic E-state index is 13.0. The summed E-state index contributed by atoms with van der Waals surface area (Å²) in [7, 11) is 1.84. The van der Waals surface area contributed by atoms with E-state index in [-0.39, 0.29) is 17.8 Å². The number of nitrogens with zero attached hydrogens (tertiary/aromatic N) is 2. The van der Waals surface area contributed by atoms with Crippen molar-refractivity contribution < 1.29 is 9.18 Å². The highest BCUT2D eigenvalue weighted by atomic mass is 19.1. The van der Waals surface area contributed by atoms with Crippen LogP contribution in [0.1, 0.15) is 35.3 Å². The van der Waals surface area contributed by atoms with E-state index in [0.717, 1.165) is 31.2 Å². The number of halogens is 1. The molecular formula is C17H20FN3O. The summed E-state index contributed by atoms with van der Waals surface area (Å²) < 4.78 is 14.7. The normalized spacial score (nSPS) is 21.0. The summed E-state index contributed by atoms with van der Waals surface area (Å²) in [5.41, 5.74) is 1.57. The fraction of sp³-hybridized carbons (Fsp3) is 0.412. The maximum absolute atomic E-state index is 13.0. The summed E-state index contributed by atoms with van der Waals surface area (Å²) >= 11 is 0. The van der Waals surface area contributed by atoms with Crippen LogP contribution in [-0.4, -0.2) is 21.5 Å². The number of nitrogens with one attached hydrogen (secondary N) is 1. The molecule has 1 aromatic heterocycles. The van der Waals surface area contributed by atoms with Crippen LogP contribution in [0.4, 0.5) is 4.39 Å². The van der Waals surface area contributed by atoms with Gasteiger partial charge < -0.3 is 9.88 Å². The highest BCUT2D eigenvalue weighted by Crippen LogP contribution is 2.29. The Balaban J connectivity index is 1.63. The van der Waals surface area contributed by atoms with Gasteiger partial charge >= 0.3 is 0 Å². The van der Waals surface area contributed by atoms with Crippen molar-refractivity contribution in [1.82, 2.24) is 14.9 Å². The molecule has 4 nitrogen and oxygen atoms in total. The van der Waals surface area contributed by atoms with Crippen LogP contribution in [0, 0.1) is 11.7 Å². The van der Waals surface area contributed by atoms with Gasteiger partial charge in [0.2, 0.25) is 0 Å². The number of carbonyl (C=O) groups excluding carboxylic acids is 1. The molecule has 2 aromatic rings. The molecule has 0 spiro atoms. The Hall–Kier alpha value is -2.17. The number of hydrogen-bond acceptors (Lipinski definition) is 2. The van der Waals surface area contributed by atoms with E-state index in [9.17, 15) is 9.18 Å². The van der Waals surface area contributed by atoms with Gasteiger partial charge in [-0.15, -0.1) is 0 Å². The first-order valence-electron chi connectivity index (χ1n) is 7.65. The molecule has 1 heterocycles. The van der Waals surface area contributed by atoms with E-state index < -0.39 is 0 Å². The molecule has 22 heavy (non-hydrogen) atoms. The SMILES string of the molecule is Cn1cnc(C(=O)N[C@H]2CCC[C@H]2Cc2ccc(F)cc2)c1. The average Bonchev–Trinajstić information content (AvgIpc) is 3.11. The molecule has 116 valence electrons. The number of aromatic nitrogens is 2. The Morgan fingerprint density at radius 2 is 2.14 bits per heavy atom. The van der Waals surface area contributed by atoms with E-state index in [2.05, 4.69) is 10.3 Å². The van der Waals surface area contributed by atoms with Gasteiger partial charge in [-0.05, 0) is 42.9 Å². The lowest BCUT2D eigenvalue weighted by Gasteiger charge is -2.20. The summed E-state index contributed by atoms with van der Waals surface area (Å²) in [5.74, 6) is 0.0740. The highest BCUT2D eigenvalue weighted by molar-refractivity contribution is 5.92. The summed E-state index contributed by atoms with van der Waals surface area (Å²) in [6.07, 6.45) is 7.40. The zero-order valence-corrected chi connectivity index (χ0v) is 12.6. The third kappa shape index (κ3) is 3.35. The molecule has 2 atom stereocenters. The molecule has 1 aliphatic carbocycles. The lowest BCUT2D eigenvalue weighted by molar-refractivity contribution is 0.0923. The number of carbonyl (C=O) groups is 1. The molecule has 3 rings (SSSR count). The Morgan fingerprint density at radius 1 is 1.36 bits per heavy atom. The van der Waals surface area contributed by atoms with Gasteiger partial charge in [-0.25, -0.2) is 9.37 Å². The number of amides is 1. The Bertz CT molecular complexity index is 650. The van der Waals surface area contributed by atoms with E-state index in [4.69, 9.17) is 0 Å². The number of aryl methyl sites for hydroxylation is 1. The smallest absolute Gasteiger partial charge is 0.271 e. The monoisotopic (exact) mass is 301 g/mol. The van der Waals surface area contributed by atoms with Gasteiger partial charge in [0, 0.05) is 19.3 Å². The van der Waals surface area contributed by atoms with Crippen LogP contribution >= 0.6 is 0 Å². The lowest BCUT2D eigenvalue weighted by atomic mass is 9.94. The second-order valence-electron chi connectivity index (χ2n) is 6.03. The zero-order chi connectivity index (χ0) is 15.5. The Morgan fingerprint density at radius 3 is 2.82 bits per heavy atom. The van der Waals surface area contributed by atoms with Gasteiger partial charge in [-0.2, -0.15) is 0 Å². The number of imidazole rings is 1. The molecular weight excluding hydrogens is 281 g/mol. The van der Waals surface area contributed by atoms with Crippen LogP contribution in [0.5, 0.6) is 0 Å². The fourth-order valence-corrected chi connectivity index (χ4v) is 3.17. The summed E-state index contributed by atoms with van der Waals surface area (Å²) in [5, 5.41) is 3.10. The third-order valence-corrected chi connectivity index (χ3v) is 4.32. The van der Waals surface area contributed by atoms with Crippen molar-refractivity contribution in [3.05, 3.63) is 53.9 Å². The first-order chi connectivity index (χ1) is 10.6. The number of rotatable bonds is 4. The van der Waals surface area contributed by atoms with Gasteiger partial charge in [-0.3, -0.25) is 4.79 Å². The van der Waals surface area contributed by atoms with Crippen LogP contribution in [-0.2, 0) is 13.5 Å². The largest absolute Gasteiger partial charge is 0.348 e. The van der Waals surface area contributed by atoms with E-state index in [1.54, 1.807) is 17.1 Å². The number of benzene rings is 1. The molecule has 1 saturated carbocycles. The van der Waals surface area contributed by atoms with Crippen LogP contribution in [0.3, 0.4) is 0 Å². The average molecular weight is 301 g/mol. The fourth-order valence-electron chi connectivity index (χ4n) is 3.17. The topological polar surface area (TPSA) is 46.9 Å². The quantitative estimate of drug-likeness (QED) is 0.944. The Labute approximate surface area is 129 Å². The predicted octanol–water partition coefficient (Wildman–Crippen LogP) is 2.70. The van der Waals surface area contributed by atoms with E-state index >= 15 is 0 Å². The molecule has 1 N–H and O–H groups in total. The van der Waals surface area contributed by atoms with Gasteiger partial charge in [0.15, 0.2) is 0 Å². The van der Waals surface area contributed by atoms with Crippen LogP contribution < -0.4 is 5.32 Å². The van der Waals surface area contributed by atoms with Crippen molar-refractivity contribution in [1.29, 1.82) is 0 Å². The van der Waals surface area contributed by atoms with E-state index in [1.807, 2.05) is 19.2 Å². The molecule has 0 bridgehead atoms. The zero-order valence-electron chi connectivity index (χ0n) is 12.6. The predicted molar refractivity (Wildman–Crippen MR) is 81.9 cm³/mol. The minimum absolute atomic E-state index is 0.114. The molecule has 1 fully saturated rings.